The fraction of sp³-hybridized carbons (Fsp3) is 1.00. The van der Waals surface area contributed by atoms with Crippen molar-refractivity contribution in [1.29, 1.82) is 0 Å². The van der Waals surface area contributed by atoms with Gasteiger partial charge in [0.1, 0.15) is 171 Å². The summed E-state index contributed by atoms with van der Waals surface area (Å²) in [7, 11) is 0. The molecule has 21 heterocycles. The maximum Gasteiger partial charge on any atom is 0.187 e. The van der Waals surface area contributed by atoms with Crippen LogP contribution in [0, 0.1) is 0 Å². The minimum atomic E-state index is -2.06. The number of halogens is 7. The van der Waals surface area contributed by atoms with Crippen molar-refractivity contribution in [2.45, 2.75) is 215 Å². The number of hydrogen-bond donors (Lipinski definition) is 14. The van der Waals surface area contributed by atoms with E-state index in [0.717, 1.165) is 0 Å². The molecule has 14 bridgehead atoms. The van der Waals surface area contributed by atoms with Crippen LogP contribution in [0.3, 0.4) is 0 Å². The van der Waals surface area contributed by atoms with Crippen LogP contribution in [-0.2, 0) is 66.3 Å². The molecular formula is C42H63Cl7O28. The van der Waals surface area contributed by atoms with Crippen molar-refractivity contribution in [3.05, 3.63) is 0 Å². The first kappa shape index (κ1) is 63.9. The number of aliphatic hydroxyl groups is 14. The SMILES string of the molecule is O[C@@H]1[C@@H](O)[C@H]2O[C@H]3[C@H](O)[C@@H](O)[C@@H](O[C@H]4[C@H](O)[C@@H](O)[C@@H](O[C@H]5[C@H](O)[C@@H](O)[C@@H](O[C@H]6[C@H](O)[C@@H](O)[C@@H](O[C@H]7[C@H](O)[C@@H](O)[C@@H](O[C@H]8[C@H](O)[C@@H](O)[C@@H](O[C@@H]1[C@@H](CCl)O2)O[C@@H]8CCl)O[C@@H]7CCl)O[C@@H]6CCl)O[C@@H]5CCl)O[C@@H]4CCl)O[C@@H]3CCl. The van der Waals surface area contributed by atoms with Crippen LogP contribution in [0.4, 0.5) is 0 Å². The second-order valence-electron chi connectivity index (χ2n) is 19.5. The van der Waals surface area contributed by atoms with E-state index >= 15 is 0 Å². The summed E-state index contributed by atoms with van der Waals surface area (Å²) in [4.78, 5) is 0. The predicted molar refractivity (Wildman–Crippen MR) is 254 cm³/mol. The molecule has 21 aliphatic rings. The topological polar surface area (TPSA) is 412 Å². The summed E-state index contributed by atoms with van der Waals surface area (Å²) in [6, 6.07) is 0. The van der Waals surface area contributed by atoms with Crippen molar-refractivity contribution >= 4 is 81.2 Å². The third-order valence-electron chi connectivity index (χ3n) is 14.6. The second kappa shape index (κ2) is 27.5. The Morgan fingerprint density at radius 1 is 0.169 bits per heavy atom. The van der Waals surface area contributed by atoms with E-state index in [9.17, 15) is 71.5 Å². The van der Waals surface area contributed by atoms with Crippen molar-refractivity contribution in [2.75, 3.05) is 41.2 Å². The van der Waals surface area contributed by atoms with Gasteiger partial charge in [0, 0.05) is 0 Å². The molecule has 0 amide bonds. The Balaban J connectivity index is 1.08. The normalized spacial score (nSPS) is 55.4. The van der Waals surface area contributed by atoms with Crippen molar-refractivity contribution in [3.63, 3.8) is 0 Å². The average Bonchev–Trinajstić information content (AvgIpc) is 3.45. The van der Waals surface area contributed by atoms with Gasteiger partial charge in [0.2, 0.25) is 0 Å². The molecule has 21 rings (SSSR count). The molecular weight excluding hydrogens is 1200 g/mol. The van der Waals surface area contributed by atoms with Gasteiger partial charge in [-0.1, -0.05) is 0 Å². The molecule has 21 fully saturated rings. The van der Waals surface area contributed by atoms with Crippen molar-refractivity contribution in [2.24, 2.45) is 0 Å². The molecule has 14 N–H and O–H groups in total. The standard InChI is InChI=1S/C42H63Cl7O28/c43-1-8-29-15(50)22(57)36(64-8)72-30-9(2-44)66-38(24(59)17(30)52)74-32-11(4-46)68-40(26(61)19(32)54)76-34-13(6-48)70-42(28(63)21(34)56)77-35-14(7-49)69-41(27(62)20(35)55)75-33-12(5-47)67-39(25(60)18(33)53)73-31-10(3-45)65-37(71-29)23(58)16(31)51/h8-42,50-63H,1-7H2/t8-,9-,10-,11-,12-,13-,14-,15-,16-,17-,18-,19-,20-,21-,22-,23-,24-,25-,26-,27-,28-,29-,30-,31-,32-,33-,34-,35-,36-,37-,38-,39-,40-,41-,42-/m1/s1. The zero-order chi connectivity index (χ0) is 56.1. The molecule has 21 saturated heterocycles. The van der Waals surface area contributed by atoms with Gasteiger partial charge >= 0.3 is 0 Å². The fourth-order valence-electron chi connectivity index (χ4n) is 10.3. The van der Waals surface area contributed by atoms with Crippen LogP contribution in [0.15, 0.2) is 0 Å². The maximum absolute atomic E-state index is 11.4. The molecule has 448 valence electrons. The number of rotatable bonds is 7. The van der Waals surface area contributed by atoms with Crippen LogP contribution < -0.4 is 0 Å². The fourth-order valence-corrected chi connectivity index (χ4v) is 12.0. The first-order valence-corrected chi connectivity index (χ1v) is 28.0. The van der Waals surface area contributed by atoms with Gasteiger partial charge in [-0.05, 0) is 0 Å². The predicted octanol–water partition coefficient (Wildman–Crippen LogP) is -6.51. The molecule has 0 spiro atoms. The Morgan fingerprint density at radius 3 is 0.364 bits per heavy atom. The highest BCUT2D eigenvalue weighted by molar-refractivity contribution is 6.19. The molecule has 0 aliphatic carbocycles. The summed E-state index contributed by atoms with van der Waals surface area (Å²) in [6.07, 6.45) is -63.1. The largest absolute Gasteiger partial charge is 0.387 e. The smallest absolute Gasteiger partial charge is 0.187 e. The Labute approximate surface area is 472 Å². The van der Waals surface area contributed by atoms with Gasteiger partial charge < -0.3 is 138 Å². The van der Waals surface area contributed by atoms with E-state index in [-0.39, 0.29) is 0 Å². The minimum absolute atomic E-state index is 0.498. The number of alkyl halides is 7. The quantitative estimate of drug-likeness (QED) is 0.105. The lowest BCUT2D eigenvalue weighted by molar-refractivity contribution is -0.389. The summed E-state index contributed by atoms with van der Waals surface area (Å²) in [5.41, 5.74) is 0. The molecule has 28 nitrogen and oxygen atoms in total. The van der Waals surface area contributed by atoms with Crippen molar-refractivity contribution in [1.82, 2.24) is 0 Å². The molecule has 35 heteroatoms. The summed E-state index contributed by atoms with van der Waals surface area (Å²) >= 11 is 43.7. The zero-order valence-corrected chi connectivity index (χ0v) is 45.1. The van der Waals surface area contributed by atoms with E-state index in [1.54, 1.807) is 0 Å². The molecule has 0 unspecified atom stereocenters. The van der Waals surface area contributed by atoms with Crippen LogP contribution in [0.1, 0.15) is 0 Å². The van der Waals surface area contributed by atoms with Crippen molar-refractivity contribution in [3.8, 4) is 0 Å². The number of ether oxygens (including phenoxy) is 14. The molecule has 0 aromatic carbocycles. The van der Waals surface area contributed by atoms with Gasteiger partial charge in [0.05, 0.1) is 41.2 Å². The Morgan fingerprint density at radius 2 is 0.273 bits per heavy atom. The molecule has 35 atom stereocenters. The summed E-state index contributed by atoms with van der Waals surface area (Å²) in [5.74, 6) is -3.49. The Hall–Kier alpha value is 0.910. The third-order valence-corrected chi connectivity index (χ3v) is 16.7. The van der Waals surface area contributed by atoms with Crippen LogP contribution >= 0.6 is 81.2 Å². The first-order chi connectivity index (χ1) is 36.7. The van der Waals surface area contributed by atoms with Crippen LogP contribution in [0.25, 0.3) is 0 Å². The highest BCUT2D eigenvalue weighted by Gasteiger charge is 2.59. The van der Waals surface area contributed by atoms with Gasteiger partial charge in [-0.2, -0.15) is 0 Å². The van der Waals surface area contributed by atoms with E-state index in [1.807, 2.05) is 0 Å². The van der Waals surface area contributed by atoms with E-state index < -0.39 is 256 Å². The molecule has 0 saturated carbocycles. The van der Waals surface area contributed by atoms with Gasteiger partial charge in [-0.25, -0.2) is 0 Å². The molecule has 77 heavy (non-hydrogen) atoms. The highest BCUT2D eigenvalue weighted by Crippen LogP contribution is 2.40. The summed E-state index contributed by atoms with van der Waals surface area (Å²) < 4.78 is 82.2. The van der Waals surface area contributed by atoms with E-state index in [4.69, 9.17) is 148 Å². The Bertz CT molecular complexity index is 1490. The second-order valence-corrected chi connectivity index (χ2v) is 21.6. The summed E-state index contributed by atoms with van der Waals surface area (Å²) in [5, 5.41) is 160. The third kappa shape index (κ3) is 12.9. The number of aliphatic hydroxyl groups excluding tert-OH is 14. The van der Waals surface area contributed by atoms with Crippen LogP contribution in [0.5, 0.6) is 0 Å². The maximum atomic E-state index is 11.4. The number of hydrogen-bond acceptors (Lipinski definition) is 28. The molecule has 21 aliphatic heterocycles. The lowest BCUT2D eigenvalue weighted by atomic mass is 9.95. The van der Waals surface area contributed by atoms with Crippen LogP contribution in [-0.4, -0.2) is 328 Å². The molecule has 0 radical (unpaired) electrons. The average molecular weight is 1260 g/mol. The zero-order valence-electron chi connectivity index (χ0n) is 39.8. The highest BCUT2D eigenvalue weighted by atomic mass is 35.5. The van der Waals surface area contributed by atoms with Gasteiger partial charge in [0.15, 0.2) is 44.0 Å². The van der Waals surface area contributed by atoms with Crippen LogP contribution in [0.2, 0.25) is 0 Å². The summed E-state index contributed by atoms with van der Waals surface area (Å²) in [6.45, 7) is 0. The van der Waals surface area contributed by atoms with Gasteiger partial charge in [-0.15, -0.1) is 81.2 Å². The van der Waals surface area contributed by atoms with Gasteiger partial charge in [-0.3, -0.25) is 0 Å². The van der Waals surface area contributed by atoms with E-state index in [0.29, 0.717) is 0 Å². The Kier molecular flexibility index (Phi) is 22.8. The minimum Gasteiger partial charge on any atom is -0.387 e. The molecule has 0 aromatic rings. The first-order valence-electron chi connectivity index (χ1n) is 24.3. The lowest BCUT2D eigenvalue weighted by Gasteiger charge is -2.50. The lowest BCUT2D eigenvalue weighted by Crippen LogP contribution is -2.68. The van der Waals surface area contributed by atoms with Gasteiger partial charge in [0.25, 0.3) is 0 Å². The van der Waals surface area contributed by atoms with Crippen molar-refractivity contribution < 1.29 is 138 Å². The van der Waals surface area contributed by atoms with E-state index in [1.165, 1.54) is 0 Å². The monoisotopic (exact) mass is 1260 g/mol. The molecule has 0 aromatic heterocycles. The van der Waals surface area contributed by atoms with E-state index in [2.05, 4.69) is 0 Å².